The standard InChI is InChI=1S/C13H18ClNO4S/c1-9(2)15-13(16)6-7-19-11-4-5-12(10(3)8-11)20(14,17)18/h4-5,8-9H,6-7H2,1-3H3,(H,15,16). The summed E-state index contributed by atoms with van der Waals surface area (Å²) in [6.07, 6.45) is 0.243. The minimum absolute atomic E-state index is 0.0593. The predicted octanol–water partition coefficient (Wildman–Crippen LogP) is 2.22. The van der Waals surface area contributed by atoms with E-state index in [2.05, 4.69) is 5.32 Å². The third-order valence-corrected chi connectivity index (χ3v) is 3.94. The van der Waals surface area contributed by atoms with Crippen molar-refractivity contribution in [3.8, 4) is 5.75 Å². The highest BCUT2D eigenvalue weighted by Gasteiger charge is 2.13. The number of amides is 1. The summed E-state index contributed by atoms with van der Waals surface area (Å²) in [6, 6.07) is 4.58. The Bertz CT molecular complexity index is 584. The molecule has 1 aromatic rings. The highest BCUT2D eigenvalue weighted by molar-refractivity contribution is 8.13. The number of benzene rings is 1. The first-order valence-electron chi connectivity index (χ1n) is 6.17. The molecule has 0 atom stereocenters. The fourth-order valence-electron chi connectivity index (χ4n) is 1.64. The fourth-order valence-corrected chi connectivity index (χ4v) is 2.83. The van der Waals surface area contributed by atoms with Crippen molar-refractivity contribution in [1.82, 2.24) is 5.32 Å². The van der Waals surface area contributed by atoms with Crippen LogP contribution >= 0.6 is 10.7 Å². The van der Waals surface area contributed by atoms with Crippen molar-refractivity contribution in [3.05, 3.63) is 23.8 Å². The van der Waals surface area contributed by atoms with E-state index in [1.54, 1.807) is 13.0 Å². The van der Waals surface area contributed by atoms with Crippen molar-refractivity contribution in [1.29, 1.82) is 0 Å². The summed E-state index contributed by atoms with van der Waals surface area (Å²) in [5, 5.41) is 2.75. The Balaban J connectivity index is 2.59. The summed E-state index contributed by atoms with van der Waals surface area (Å²) in [4.78, 5) is 11.5. The third kappa shape index (κ3) is 5.38. The molecular formula is C13H18ClNO4S. The molecule has 0 saturated heterocycles. The van der Waals surface area contributed by atoms with E-state index in [9.17, 15) is 13.2 Å². The first kappa shape index (κ1) is 16.8. The minimum atomic E-state index is -3.75. The maximum atomic E-state index is 11.4. The van der Waals surface area contributed by atoms with E-state index in [1.807, 2.05) is 13.8 Å². The molecule has 0 bridgehead atoms. The lowest BCUT2D eigenvalue weighted by molar-refractivity contribution is -0.122. The second kappa shape index (κ2) is 6.95. The van der Waals surface area contributed by atoms with Gasteiger partial charge in [0.05, 0.1) is 17.9 Å². The van der Waals surface area contributed by atoms with Crippen molar-refractivity contribution in [3.63, 3.8) is 0 Å². The van der Waals surface area contributed by atoms with E-state index < -0.39 is 9.05 Å². The fraction of sp³-hybridized carbons (Fsp3) is 0.462. The summed E-state index contributed by atoms with van der Waals surface area (Å²) in [7, 11) is 1.54. The van der Waals surface area contributed by atoms with E-state index in [4.69, 9.17) is 15.4 Å². The van der Waals surface area contributed by atoms with Crippen LogP contribution in [0.15, 0.2) is 23.1 Å². The van der Waals surface area contributed by atoms with Gasteiger partial charge in [0.15, 0.2) is 0 Å². The number of rotatable bonds is 6. The summed E-state index contributed by atoms with van der Waals surface area (Å²) >= 11 is 0. The second-order valence-corrected chi connectivity index (χ2v) is 7.22. The minimum Gasteiger partial charge on any atom is -0.493 e. The average Bonchev–Trinajstić information content (AvgIpc) is 2.26. The summed E-state index contributed by atoms with van der Waals surface area (Å²) < 4.78 is 27.9. The molecule has 1 rings (SSSR count). The van der Waals surface area contributed by atoms with E-state index in [-0.39, 0.29) is 29.9 Å². The number of carbonyl (C=O) groups is 1. The first-order chi connectivity index (χ1) is 9.20. The number of hydrogen-bond acceptors (Lipinski definition) is 4. The van der Waals surface area contributed by atoms with Gasteiger partial charge in [0.2, 0.25) is 5.91 Å². The predicted molar refractivity (Wildman–Crippen MR) is 77.6 cm³/mol. The molecule has 112 valence electrons. The van der Waals surface area contributed by atoms with Gasteiger partial charge in [0, 0.05) is 16.7 Å². The molecule has 1 aromatic carbocycles. The van der Waals surface area contributed by atoms with Gasteiger partial charge in [-0.05, 0) is 44.5 Å². The monoisotopic (exact) mass is 319 g/mol. The van der Waals surface area contributed by atoms with Crippen molar-refractivity contribution in [2.24, 2.45) is 0 Å². The van der Waals surface area contributed by atoms with Crippen LogP contribution in [0, 0.1) is 6.92 Å². The number of aryl methyl sites for hydroxylation is 1. The Hall–Kier alpha value is -1.27. The van der Waals surface area contributed by atoms with Crippen LogP contribution in [0.1, 0.15) is 25.8 Å². The molecule has 0 aromatic heterocycles. The van der Waals surface area contributed by atoms with Crippen molar-refractivity contribution < 1.29 is 17.9 Å². The third-order valence-electron chi connectivity index (χ3n) is 2.46. The lowest BCUT2D eigenvalue weighted by Crippen LogP contribution is -2.31. The maximum Gasteiger partial charge on any atom is 0.261 e. The van der Waals surface area contributed by atoms with Crippen molar-refractivity contribution >= 4 is 25.6 Å². The number of halogens is 1. The molecule has 0 aliphatic carbocycles. The first-order valence-corrected chi connectivity index (χ1v) is 8.48. The molecule has 0 aliphatic rings. The Morgan fingerprint density at radius 2 is 2.05 bits per heavy atom. The maximum absolute atomic E-state index is 11.4. The molecule has 0 radical (unpaired) electrons. The van der Waals surface area contributed by atoms with Crippen molar-refractivity contribution in [2.75, 3.05) is 6.61 Å². The summed E-state index contributed by atoms with van der Waals surface area (Å²) in [6.45, 7) is 5.62. The Morgan fingerprint density at radius 3 is 2.55 bits per heavy atom. The number of ether oxygens (including phenoxy) is 1. The zero-order valence-electron chi connectivity index (χ0n) is 11.6. The SMILES string of the molecule is Cc1cc(OCCC(=O)NC(C)C)ccc1S(=O)(=O)Cl. The van der Waals surface area contributed by atoms with Gasteiger partial charge in [0.1, 0.15) is 5.75 Å². The highest BCUT2D eigenvalue weighted by atomic mass is 35.7. The van der Waals surface area contributed by atoms with Crippen LogP contribution in [-0.2, 0) is 13.8 Å². The Morgan fingerprint density at radius 1 is 1.40 bits per heavy atom. The van der Waals surface area contributed by atoms with Crippen LogP contribution in [0.4, 0.5) is 0 Å². The zero-order chi connectivity index (χ0) is 15.3. The van der Waals surface area contributed by atoms with E-state index >= 15 is 0 Å². The molecule has 5 nitrogen and oxygen atoms in total. The van der Waals surface area contributed by atoms with Crippen LogP contribution in [0.2, 0.25) is 0 Å². The summed E-state index contributed by atoms with van der Waals surface area (Å²) in [5.41, 5.74) is 0.504. The molecule has 1 amide bonds. The van der Waals surface area contributed by atoms with Crippen LogP contribution < -0.4 is 10.1 Å². The van der Waals surface area contributed by atoms with Crippen LogP contribution in [0.5, 0.6) is 5.75 Å². The number of hydrogen-bond donors (Lipinski definition) is 1. The molecule has 0 unspecified atom stereocenters. The zero-order valence-corrected chi connectivity index (χ0v) is 13.2. The largest absolute Gasteiger partial charge is 0.493 e. The van der Waals surface area contributed by atoms with Crippen LogP contribution in [0.3, 0.4) is 0 Å². The normalized spacial score (nSPS) is 11.4. The smallest absolute Gasteiger partial charge is 0.261 e. The quantitative estimate of drug-likeness (QED) is 0.816. The van der Waals surface area contributed by atoms with Gasteiger partial charge in [-0.25, -0.2) is 8.42 Å². The lowest BCUT2D eigenvalue weighted by Gasteiger charge is -2.10. The summed E-state index contributed by atoms with van der Waals surface area (Å²) in [5.74, 6) is 0.417. The molecule has 1 N–H and O–H groups in total. The van der Waals surface area contributed by atoms with Crippen LogP contribution in [-0.4, -0.2) is 27.0 Å². The lowest BCUT2D eigenvalue weighted by atomic mass is 10.2. The topological polar surface area (TPSA) is 72.5 Å². The molecule has 0 fully saturated rings. The van der Waals surface area contributed by atoms with Gasteiger partial charge >= 0.3 is 0 Å². The van der Waals surface area contributed by atoms with E-state index in [0.717, 1.165) is 0 Å². The second-order valence-electron chi connectivity index (χ2n) is 4.69. The molecule has 0 heterocycles. The van der Waals surface area contributed by atoms with Crippen molar-refractivity contribution in [2.45, 2.75) is 38.1 Å². The van der Waals surface area contributed by atoms with Crippen LogP contribution in [0.25, 0.3) is 0 Å². The Labute approximate surface area is 123 Å². The van der Waals surface area contributed by atoms with E-state index in [0.29, 0.717) is 11.3 Å². The molecule has 0 saturated carbocycles. The van der Waals surface area contributed by atoms with E-state index in [1.165, 1.54) is 12.1 Å². The van der Waals surface area contributed by atoms with Gasteiger partial charge in [-0.2, -0.15) is 0 Å². The molecule has 7 heteroatoms. The van der Waals surface area contributed by atoms with Gasteiger partial charge in [0.25, 0.3) is 9.05 Å². The van der Waals surface area contributed by atoms with Gasteiger partial charge in [-0.3, -0.25) is 4.79 Å². The van der Waals surface area contributed by atoms with Gasteiger partial charge in [-0.1, -0.05) is 0 Å². The number of carbonyl (C=O) groups excluding carboxylic acids is 1. The Kier molecular flexibility index (Phi) is 5.83. The molecule has 0 aliphatic heterocycles. The average molecular weight is 320 g/mol. The van der Waals surface area contributed by atoms with Gasteiger partial charge in [-0.15, -0.1) is 0 Å². The number of nitrogens with one attached hydrogen (secondary N) is 1. The highest BCUT2D eigenvalue weighted by Crippen LogP contribution is 2.23. The molecule has 0 spiro atoms. The van der Waals surface area contributed by atoms with Gasteiger partial charge < -0.3 is 10.1 Å². The molecule has 20 heavy (non-hydrogen) atoms. The molecular weight excluding hydrogens is 302 g/mol.